The van der Waals surface area contributed by atoms with Gasteiger partial charge < -0.3 is 14.9 Å². The van der Waals surface area contributed by atoms with E-state index in [1.807, 2.05) is 0 Å². The normalized spacial score (nSPS) is 16.2. The number of unbranched alkanes of at least 4 members (excludes halogenated alkanes) is 12. The van der Waals surface area contributed by atoms with E-state index in [9.17, 15) is 10.2 Å². The molecule has 0 saturated carbocycles. The molecule has 0 unspecified atom stereocenters. The third-order valence-corrected chi connectivity index (χ3v) is 5.14. The van der Waals surface area contributed by atoms with Gasteiger partial charge in [-0.3, -0.25) is 0 Å². The number of nitrogens with zero attached hydrogens (tertiary/aromatic N) is 1. The Labute approximate surface area is 160 Å². The summed E-state index contributed by atoms with van der Waals surface area (Å²) in [6, 6.07) is 0. The van der Waals surface area contributed by atoms with Crippen molar-refractivity contribution in [3.63, 3.8) is 0 Å². The Morgan fingerprint density at radius 1 is 0.846 bits per heavy atom. The molecule has 2 N–H and O–H groups in total. The Kier molecular flexibility index (Phi) is 13.6. The Morgan fingerprint density at radius 2 is 1.38 bits per heavy atom. The van der Waals surface area contributed by atoms with Crippen molar-refractivity contribution in [1.82, 2.24) is 0 Å². The molecule has 0 aromatic carbocycles. The van der Waals surface area contributed by atoms with Crippen LogP contribution < -0.4 is 0 Å². The first kappa shape index (κ1) is 23.2. The summed E-state index contributed by atoms with van der Waals surface area (Å²) in [6.45, 7) is 2.21. The minimum Gasteiger partial charge on any atom is -0.478 e. The molecule has 0 bridgehead atoms. The number of rotatable bonds is 17. The lowest BCUT2D eigenvalue weighted by atomic mass is 10.0. The Morgan fingerprint density at radius 3 is 1.88 bits per heavy atom. The predicted molar refractivity (Wildman–Crippen MR) is 110 cm³/mol. The van der Waals surface area contributed by atoms with Crippen molar-refractivity contribution in [3.05, 3.63) is 12.2 Å². The highest BCUT2D eigenvalue weighted by Crippen LogP contribution is 2.19. The van der Waals surface area contributed by atoms with Gasteiger partial charge in [0.2, 0.25) is 0 Å². The van der Waals surface area contributed by atoms with Crippen LogP contribution in [0.15, 0.2) is 17.1 Å². The topological polar surface area (TPSA) is 62.1 Å². The Hall–Kier alpha value is -0.870. The monoisotopic (exact) mass is 367 g/mol. The number of ether oxygens (including phenoxy) is 1. The zero-order valence-corrected chi connectivity index (χ0v) is 16.9. The molecule has 0 saturated heterocycles. The Bertz CT molecular complexity index is 389. The number of aliphatic hydroxyl groups excluding tert-OH is 2. The molecular formula is C22H41NO3. The molecular weight excluding hydrogens is 326 g/mol. The average molecular weight is 368 g/mol. The van der Waals surface area contributed by atoms with Crippen molar-refractivity contribution in [1.29, 1.82) is 0 Å². The van der Waals surface area contributed by atoms with Crippen molar-refractivity contribution in [2.24, 2.45) is 4.99 Å². The molecule has 152 valence electrons. The zero-order valence-electron chi connectivity index (χ0n) is 16.9. The summed E-state index contributed by atoms with van der Waals surface area (Å²) in [7, 11) is 0. The lowest BCUT2D eigenvalue weighted by Gasteiger charge is -2.16. The second kappa shape index (κ2) is 15.2. The fourth-order valence-corrected chi connectivity index (χ4v) is 3.27. The molecule has 1 aliphatic heterocycles. The van der Waals surface area contributed by atoms with Crippen LogP contribution in [0.1, 0.15) is 96.8 Å². The molecule has 0 aromatic heterocycles. The fourth-order valence-electron chi connectivity index (χ4n) is 3.27. The van der Waals surface area contributed by atoms with Crippen LogP contribution in [0.2, 0.25) is 0 Å². The van der Waals surface area contributed by atoms with Gasteiger partial charge >= 0.3 is 0 Å². The van der Waals surface area contributed by atoms with Crippen molar-refractivity contribution < 1.29 is 14.9 Å². The van der Waals surface area contributed by atoms with E-state index in [2.05, 4.69) is 24.1 Å². The van der Waals surface area contributed by atoms with Gasteiger partial charge in [-0.1, -0.05) is 89.7 Å². The summed E-state index contributed by atoms with van der Waals surface area (Å²) < 4.78 is 5.45. The van der Waals surface area contributed by atoms with E-state index in [1.54, 1.807) is 0 Å². The summed E-state index contributed by atoms with van der Waals surface area (Å²) in [5.74, 6) is 0.624. The van der Waals surface area contributed by atoms with Gasteiger partial charge in [-0.25, -0.2) is 4.99 Å². The summed E-state index contributed by atoms with van der Waals surface area (Å²) >= 11 is 0. The summed E-state index contributed by atoms with van der Waals surface area (Å²) in [4.78, 5) is 4.30. The standard InChI is InChI=1S/C22H41NO3/c1-2-3-4-5-6-7-8-9-10-11-12-13-14-15-16-17-21-23-22(18-24,19-25)20-26-21/h15-16,24-25H,2-14,17-20H2,1H3. The van der Waals surface area contributed by atoms with E-state index in [0.717, 1.165) is 6.42 Å². The molecule has 0 atom stereocenters. The van der Waals surface area contributed by atoms with Crippen molar-refractivity contribution >= 4 is 5.90 Å². The van der Waals surface area contributed by atoms with E-state index in [-0.39, 0.29) is 19.8 Å². The molecule has 4 nitrogen and oxygen atoms in total. The van der Waals surface area contributed by atoms with Gasteiger partial charge in [0.05, 0.1) is 13.2 Å². The van der Waals surface area contributed by atoms with Crippen molar-refractivity contribution in [2.75, 3.05) is 19.8 Å². The molecule has 0 aromatic rings. The molecule has 0 radical (unpaired) electrons. The van der Waals surface area contributed by atoms with E-state index in [4.69, 9.17) is 4.74 Å². The van der Waals surface area contributed by atoms with Crippen LogP contribution in [-0.4, -0.2) is 41.5 Å². The van der Waals surface area contributed by atoms with Gasteiger partial charge in [0.15, 0.2) is 5.90 Å². The lowest BCUT2D eigenvalue weighted by Crippen LogP contribution is -2.37. The maximum Gasteiger partial charge on any atom is 0.188 e. The van der Waals surface area contributed by atoms with Crippen LogP contribution >= 0.6 is 0 Å². The second-order valence-corrected chi connectivity index (χ2v) is 7.69. The number of hydrogen-bond acceptors (Lipinski definition) is 4. The quantitative estimate of drug-likeness (QED) is 0.275. The first-order valence-corrected chi connectivity index (χ1v) is 10.8. The van der Waals surface area contributed by atoms with Gasteiger partial charge in [-0.2, -0.15) is 0 Å². The first-order chi connectivity index (χ1) is 12.8. The molecule has 1 aliphatic rings. The molecule has 1 rings (SSSR count). The van der Waals surface area contributed by atoms with E-state index in [1.165, 1.54) is 77.0 Å². The number of aliphatic hydroxyl groups is 2. The maximum absolute atomic E-state index is 9.27. The molecule has 0 amide bonds. The SMILES string of the molecule is CCCCCCCCCCCCCCC=CCC1=NC(CO)(CO)CO1. The smallest absolute Gasteiger partial charge is 0.188 e. The predicted octanol–water partition coefficient (Wildman–Crippen LogP) is 5.18. The maximum atomic E-state index is 9.27. The minimum absolute atomic E-state index is 0.171. The van der Waals surface area contributed by atoms with Crippen LogP contribution in [0, 0.1) is 0 Å². The number of aliphatic imine (C=N–C) groups is 1. The molecule has 4 heteroatoms. The molecule has 0 spiro atoms. The van der Waals surface area contributed by atoms with E-state index < -0.39 is 5.54 Å². The summed E-state index contributed by atoms with van der Waals surface area (Å²) in [5.41, 5.74) is -0.821. The van der Waals surface area contributed by atoms with Crippen LogP contribution in [0.5, 0.6) is 0 Å². The minimum atomic E-state index is -0.821. The highest BCUT2D eigenvalue weighted by molar-refractivity contribution is 5.79. The molecule has 1 heterocycles. The van der Waals surface area contributed by atoms with Gasteiger partial charge in [-0.05, 0) is 12.8 Å². The Balaban J connectivity index is 1.88. The van der Waals surface area contributed by atoms with Gasteiger partial charge in [-0.15, -0.1) is 0 Å². The number of hydrogen-bond donors (Lipinski definition) is 2. The van der Waals surface area contributed by atoms with Crippen LogP contribution in [0.3, 0.4) is 0 Å². The van der Waals surface area contributed by atoms with Crippen LogP contribution in [-0.2, 0) is 4.74 Å². The highest BCUT2D eigenvalue weighted by atomic mass is 16.5. The van der Waals surface area contributed by atoms with Crippen molar-refractivity contribution in [3.8, 4) is 0 Å². The summed E-state index contributed by atoms with van der Waals surface area (Å²) in [6.07, 6.45) is 22.6. The highest BCUT2D eigenvalue weighted by Gasteiger charge is 2.34. The summed E-state index contributed by atoms with van der Waals surface area (Å²) in [5, 5.41) is 18.5. The second-order valence-electron chi connectivity index (χ2n) is 7.69. The third-order valence-electron chi connectivity index (χ3n) is 5.14. The molecule has 0 fully saturated rings. The van der Waals surface area contributed by atoms with Gasteiger partial charge in [0.25, 0.3) is 0 Å². The average Bonchev–Trinajstić information content (AvgIpc) is 3.09. The molecule has 26 heavy (non-hydrogen) atoms. The van der Waals surface area contributed by atoms with Crippen LogP contribution in [0.4, 0.5) is 0 Å². The third kappa shape index (κ3) is 10.3. The lowest BCUT2D eigenvalue weighted by molar-refractivity contribution is 0.0974. The zero-order chi connectivity index (χ0) is 18.9. The van der Waals surface area contributed by atoms with Crippen LogP contribution in [0.25, 0.3) is 0 Å². The van der Waals surface area contributed by atoms with Crippen molar-refractivity contribution in [2.45, 2.75) is 102 Å². The van der Waals surface area contributed by atoms with E-state index >= 15 is 0 Å². The van der Waals surface area contributed by atoms with Gasteiger partial charge in [0, 0.05) is 6.42 Å². The van der Waals surface area contributed by atoms with Gasteiger partial charge in [0.1, 0.15) is 12.1 Å². The molecule has 0 aliphatic carbocycles. The first-order valence-electron chi connectivity index (χ1n) is 10.8. The van der Waals surface area contributed by atoms with E-state index in [0.29, 0.717) is 12.3 Å². The largest absolute Gasteiger partial charge is 0.478 e. The number of allylic oxidation sites excluding steroid dienone is 1. The fraction of sp³-hybridized carbons (Fsp3) is 0.864.